The molecule has 1 saturated carbocycles. The molecule has 1 atom stereocenters. The van der Waals surface area contributed by atoms with Crippen molar-refractivity contribution < 1.29 is 5.11 Å². The molecule has 0 amide bonds. The largest absolute Gasteiger partial charge is 0.393 e. The lowest BCUT2D eigenvalue weighted by molar-refractivity contribution is 0.102. The number of pyridine rings is 1. The first kappa shape index (κ1) is 10.6. The minimum absolute atomic E-state index is 0.0752. The van der Waals surface area contributed by atoms with E-state index in [2.05, 4.69) is 4.98 Å². The minimum Gasteiger partial charge on any atom is -0.393 e. The molecule has 2 rings (SSSR count). The van der Waals surface area contributed by atoms with Gasteiger partial charge in [0.1, 0.15) is 0 Å². The third kappa shape index (κ3) is 2.55. The Labute approximate surface area is 90.3 Å². The van der Waals surface area contributed by atoms with Gasteiger partial charge in [0.15, 0.2) is 0 Å². The molecule has 1 aliphatic rings. The number of aliphatic hydroxyl groups is 1. The van der Waals surface area contributed by atoms with Crippen molar-refractivity contribution in [1.29, 1.82) is 0 Å². The van der Waals surface area contributed by atoms with Gasteiger partial charge >= 0.3 is 0 Å². The van der Waals surface area contributed by atoms with Crippen molar-refractivity contribution in [2.45, 2.75) is 37.8 Å². The second kappa shape index (κ2) is 4.73. The SMILES string of the molecule is NC(c1cccnc1)C1CCC(O)CC1. The van der Waals surface area contributed by atoms with Crippen LogP contribution in [0.3, 0.4) is 0 Å². The second-order valence-corrected chi connectivity index (χ2v) is 4.38. The van der Waals surface area contributed by atoms with E-state index in [1.807, 2.05) is 18.3 Å². The predicted octanol–water partition coefficient (Wildman–Crippen LogP) is 1.63. The number of nitrogens with zero attached hydrogens (tertiary/aromatic N) is 1. The van der Waals surface area contributed by atoms with Crippen LogP contribution in [0.4, 0.5) is 0 Å². The van der Waals surface area contributed by atoms with E-state index in [4.69, 9.17) is 5.73 Å². The van der Waals surface area contributed by atoms with Crippen molar-refractivity contribution >= 4 is 0 Å². The second-order valence-electron chi connectivity index (χ2n) is 4.38. The van der Waals surface area contributed by atoms with Gasteiger partial charge < -0.3 is 10.8 Å². The van der Waals surface area contributed by atoms with Gasteiger partial charge in [0.2, 0.25) is 0 Å². The lowest BCUT2D eigenvalue weighted by Gasteiger charge is -2.30. The Bertz CT molecular complexity index is 294. The molecule has 1 unspecified atom stereocenters. The number of nitrogens with two attached hydrogens (primary N) is 1. The Kier molecular flexibility index (Phi) is 3.34. The van der Waals surface area contributed by atoms with E-state index in [0.717, 1.165) is 31.2 Å². The molecule has 1 aliphatic carbocycles. The standard InChI is InChI=1S/C12H18N2O/c13-12(10-2-1-7-14-8-10)9-3-5-11(15)6-4-9/h1-2,7-9,11-12,15H,3-6,13H2. The van der Waals surface area contributed by atoms with Crippen LogP contribution in [-0.2, 0) is 0 Å². The Morgan fingerprint density at radius 2 is 2.07 bits per heavy atom. The Morgan fingerprint density at radius 1 is 1.33 bits per heavy atom. The monoisotopic (exact) mass is 206 g/mol. The molecule has 0 aliphatic heterocycles. The van der Waals surface area contributed by atoms with Crippen molar-refractivity contribution in [3.8, 4) is 0 Å². The van der Waals surface area contributed by atoms with E-state index < -0.39 is 0 Å². The molecule has 0 aromatic carbocycles. The highest BCUT2D eigenvalue weighted by Gasteiger charge is 2.25. The Hall–Kier alpha value is -0.930. The average Bonchev–Trinajstić information content (AvgIpc) is 2.30. The summed E-state index contributed by atoms with van der Waals surface area (Å²) < 4.78 is 0. The maximum Gasteiger partial charge on any atom is 0.0540 e. The van der Waals surface area contributed by atoms with Gasteiger partial charge in [0.25, 0.3) is 0 Å². The fourth-order valence-corrected chi connectivity index (χ4v) is 2.31. The van der Waals surface area contributed by atoms with Gasteiger partial charge in [-0.2, -0.15) is 0 Å². The quantitative estimate of drug-likeness (QED) is 0.773. The number of hydrogen-bond acceptors (Lipinski definition) is 3. The van der Waals surface area contributed by atoms with Crippen LogP contribution < -0.4 is 5.73 Å². The van der Waals surface area contributed by atoms with E-state index in [9.17, 15) is 5.11 Å². The molecule has 1 heterocycles. The van der Waals surface area contributed by atoms with Gasteiger partial charge in [-0.25, -0.2) is 0 Å². The molecule has 0 spiro atoms. The normalized spacial score (nSPS) is 28.7. The van der Waals surface area contributed by atoms with Crippen molar-refractivity contribution in [3.63, 3.8) is 0 Å². The maximum absolute atomic E-state index is 9.43. The Morgan fingerprint density at radius 3 is 2.67 bits per heavy atom. The van der Waals surface area contributed by atoms with Crippen LogP contribution in [0, 0.1) is 5.92 Å². The molecule has 3 heteroatoms. The molecule has 0 saturated heterocycles. The van der Waals surface area contributed by atoms with Gasteiger partial charge in [0, 0.05) is 18.4 Å². The molecule has 3 nitrogen and oxygen atoms in total. The average molecular weight is 206 g/mol. The molecule has 0 radical (unpaired) electrons. The fourth-order valence-electron chi connectivity index (χ4n) is 2.31. The first-order valence-electron chi connectivity index (χ1n) is 5.61. The first-order chi connectivity index (χ1) is 7.27. The molecule has 0 bridgehead atoms. The van der Waals surface area contributed by atoms with Crippen LogP contribution in [0.1, 0.15) is 37.3 Å². The topological polar surface area (TPSA) is 59.1 Å². The molecule has 1 fully saturated rings. The lowest BCUT2D eigenvalue weighted by atomic mass is 9.81. The zero-order valence-electron chi connectivity index (χ0n) is 8.84. The number of rotatable bonds is 2. The summed E-state index contributed by atoms with van der Waals surface area (Å²) in [7, 11) is 0. The van der Waals surface area contributed by atoms with E-state index in [-0.39, 0.29) is 12.1 Å². The molecule has 1 aromatic heterocycles. The highest BCUT2D eigenvalue weighted by Crippen LogP contribution is 2.32. The van der Waals surface area contributed by atoms with Crippen LogP contribution >= 0.6 is 0 Å². The summed E-state index contributed by atoms with van der Waals surface area (Å²) in [6.07, 6.45) is 7.32. The van der Waals surface area contributed by atoms with E-state index in [1.165, 1.54) is 0 Å². The van der Waals surface area contributed by atoms with E-state index in [0.29, 0.717) is 5.92 Å². The zero-order chi connectivity index (χ0) is 10.7. The highest BCUT2D eigenvalue weighted by atomic mass is 16.3. The van der Waals surface area contributed by atoms with Crippen molar-refractivity contribution in [2.24, 2.45) is 11.7 Å². The van der Waals surface area contributed by atoms with Crippen LogP contribution in [0.15, 0.2) is 24.5 Å². The molecule has 82 valence electrons. The molecular formula is C12H18N2O. The zero-order valence-corrected chi connectivity index (χ0v) is 8.84. The molecular weight excluding hydrogens is 188 g/mol. The number of aliphatic hydroxyl groups excluding tert-OH is 1. The Balaban J connectivity index is 1.99. The number of hydrogen-bond donors (Lipinski definition) is 2. The van der Waals surface area contributed by atoms with Crippen LogP contribution in [0.25, 0.3) is 0 Å². The summed E-state index contributed by atoms with van der Waals surface area (Å²) in [5.41, 5.74) is 7.30. The number of aromatic nitrogens is 1. The van der Waals surface area contributed by atoms with E-state index in [1.54, 1.807) is 6.20 Å². The summed E-state index contributed by atoms with van der Waals surface area (Å²) in [6, 6.07) is 4.03. The molecule has 15 heavy (non-hydrogen) atoms. The summed E-state index contributed by atoms with van der Waals surface area (Å²) in [6.45, 7) is 0. The van der Waals surface area contributed by atoms with Gasteiger partial charge in [0.05, 0.1) is 6.10 Å². The van der Waals surface area contributed by atoms with Crippen LogP contribution in [-0.4, -0.2) is 16.2 Å². The minimum atomic E-state index is -0.109. The predicted molar refractivity (Wildman–Crippen MR) is 59.1 cm³/mol. The smallest absolute Gasteiger partial charge is 0.0540 e. The summed E-state index contributed by atoms with van der Waals surface area (Å²) in [5.74, 6) is 0.498. The van der Waals surface area contributed by atoms with E-state index >= 15 is 0 Å². The summed E-state index contributed by atoms with van der Waals surface area (Å²) in [4.78, 5) is 4.09. The summed E-state index contributed by atoms with van der Waals surface area (Å²) in [5, 5.41) is 9.43. The third-order valence-electron chi connectivity index (χ3n) is 3.32. The van der Waals surface area contributed by atoms with Crippen LogP contribution in [0.5, 0.6) is 0 Å². The van der Waals surface area contributed by atoms with Crippen LogP contribution in [0.2, 0.25) is 0 Å². The highest BCUT2D eigenvalue weighted by molar-refractivity contribution is 5.14. The third-order valence-corrected chi connectivity index (χ3v) is 3.32. The van der Waals surface area contributed by atoms with Gasteiger partial charge in [-0.05, 0) is 43.2 Å². The fraction of sp³-hybridized carbons (Fsp3) is 0.583. The van der Waals surface area contributed by atoms with Crippen molar-refractivity contribution in [2.75, 3.05) is 0 Å². The van der Waals surface area contributed by atoms with Gasteiger partial charge in [-0.15, -0.1) is 0 Å². The summed E-state index contributed by atoms with van der Waals surface area (Å²) >= 11 is 0. The molecule has 1 aromatic rings. The van der Waals surface area contributed by atoms with Crippen molar-refractivity contribution in [1.82, 2.24) is 4.98 Å². The van der Waals surface area contributed by atoms with Gasteiger partial charge in [-0.1, -0.05) is 6.07 Å². The first-order valence-corrected chi connectivity index (χ1v) is 5.61. The molecule has 3 N–H and O–H groups in total. The van der Waals surface area contributed by atoms with Crippen molar-refractivity contribution in [3.05, 3.63) is 30.1 Å². The van der Waals surface area contributed by atoms with Gasteiger partial charge in [-0.3, -0.25) is 4.98 Å². The maximum atomic E-state index is 9.43. The lowest BCUT2D eigenvalue weighted by Crippen LogP contribution is -2.27.